The van der Waals surface area contributed by atoms with E-state index in [-0.39, 0.29) is 18.6 Å². The number of thiophene rings is 1. The second kappa shape index (κ2) is 9.40. The van der Waals surface area contributed by atoms with Crippen LogP contribution < -0.4 is 0 Å². The van der Waals surface area contributed by atoms with Gasteiger partial charge in [-0.3, -0.25) is 4.79 Å². The van der Waals surface area contributed by atoms with E-state index >= 15 is 0 Å². The summed E-state index contributed by atoms with van der Waals surface area (Å²) in [6.07, 6.45) is 5.59. The van der Waals surface area contributed by atoms with Crippen LogP contribution in [0.4, 0.5) is 0 Å². The lowest BCUT2D eigenvalue weighted by Crippen LogP contribution is -2.43. The van der Waals surface area contributed by atoms with Gasteiger partial charge in [-0.05, 0) is 44.9 Å². The lowest BCUT2D eigenvalue weighted by atomic mass is 9.94. The molecule has 1 aliphatic rings. The minimum absolute atomic E-state index is 0.123. The maximum atomic E-state index is 12.7. The molecule has 31 heavy (non-hydrogen) atoms. The SMILES string of the molecule is CCN(C(=O)COC(=O)c1cc2c(C)nn(-c3ccccc3Cl)c2s1)C1CCCCC1. The van der Waals surface area contributed by atoms with Gasteiger partial charge in [0.2, 0.25) is 0 Å². The molecule has 1 aliphatic carbocycles. The second-order valence-electron chi connectivity index (χ2n) is 7.83. The van der Waals surface area contributed by atoms with E-state index < -0.39 is 5.97 Å². The Labute approximate surface area is 190 Å². The van der Waals surface area contributed by atoms with Crippen LogP contribution in [0.2, 0.25) is 5.02 Å². The van der Waals surface area contributed by atoms with Gasteiger partial charge in [-0.15, -0.1) is 11.3 Å². The number of carbonyl (C=O) groups excluding carboxylic acids is 2. The van der Waals surface area contributed by atoms with Crippen molar-refractivity contribution >= 4 is 45.0 Å². The van der Waals surface area contributed by atoms with Crippen LogP contribution in [0, 0.1) is 6.92 Å². The second-order valence-corrected chi connectivity index (χ2v) is 9.26. The van der Waals surface area contributed by atoms with Crippen molar-refractivity contribution in [2.45, 2.75) is 52.0 Å². The first-order valence-electron chi connectivity index (χ1n) is 10.7. The molecule has 0 atom stereocenters. The molecule has 8 heteroatoms. The van der Waals surface area contributed by atoms with Crippen LogP contribution in [0.1, 0.15) is 54.4 Å². The first-order valence-corrected chi connectivity index (χ1v) is 11.9. The number of nitrogens with zero attached hydrogens (tertiary/aromatic N) is 3. The molecule has 0 N–H and O–H groups in total. The van der Waals surface area contributed by atoms with E-state index in [0.717, 1.165) is 47.3 Å². The number of ether oxygens (including phenoxy) is 1. The molecular formula is C23H26ClN3O3S. The summed E-state index contributed by atoms with van der Waals surface area (Å²) in [6.45, 7) is 4.28. The molecule has 0 unspecified atom stereocenters. The van der Waals surface area contributed by atoms with E-state index in [1.807, 2.05) is 36.9 Å². The number of esters is 1. The highest BCUT2D eigenvalue weighted by atomic mass is 35.5. The van der Waals surface area contributed by atoms with Crippen molar-refractivity contribution in [3.05, 3.63) is 45.9 Å². The summed E-state index contributed by atoms with van der Waals surface area (Å²) in [5.41, 5.74) is 1.56. The Bertz CT molecular complexity index is 1100. The van der Waals surface area contributed by atoms with Crippen LogP contribution in [0.3, 0.4) is 0 Å². The lowest BCUT2D eigenvalue weighted by Gasteiger charge is -2.33. The van der Waals surface area contributed by atoms with Gasteiger partial charge in [0.05, 0.1) is 16.4 Å². The normalized spacial score (nSPS) is 14.7. The highest BCUT2D eigenvalue weighted by Gasteiger charge is 2.25. The smallest absolute Gasteiger partial charge is 0.348 e. The van der Waals surface area contributed by atoms with Gasteiger partial charge in [-0.1, -0.05) is 43.0 Å². The maximum absolute atomic E-state index is 12.7. The maximum Gasteiger partial charge on any atom is 0.348 e. The average molecular weight is 460 g/mol. The van der Waals surface area contributed by atoms with Gasteiger partial charge in [0.15, 0.2) is 6.61 Å². The standard InChI is InChI=1S/C23H26ClN3O3S/c1-3-26(16-9-5-4-6-10-16)21(28)14-30-23(29)20-13-17-15(2)25-27(22(17)31-20)19-12-8-7-11-18(19)24/h7-8,11-13,16H,3-6,9-10,14H2,1-2H3. The Balaban J connectivity index is 1.49. The Morgan fingerprint density at radius 3 is 2.71 bits per heavy atom. The number of likely N-dealkylation sites (N-methyl/N-ethyl adjacent to an activating group) is 1. The van der Waals surface area contributed by atoms with Gasteiger partial charge in [0.25, 0.3) is 5.91 Å². The monoisotopic (exact) mass is 459 g/mol. The van der Waals surface area contributed by atoms with Crippen molar-refractivity contribution in [2.24, 2.45) is 0 Å². The summed E-state index contributed by atoms with van der Waals surface area (Å²) in [4.78, 5) is 28.5. The minimum Gasteiger partial charge on any atom is -0.451 e. The van der Waals surface area contributed by atoms with E-state index in [9.17, 15) is 9.59 Å². The van der Waals surface area contributed by atoms with E-state index in [1.54, 1.807) is 16.8 Å². The number of carbonyl (C=O) groups is 2. The fourth-order valence-electron chi connectivity index (χ4n) is 4.25. The van der Waals surface area contributed by atoms with Crippen LogP contribution in [-0.2, 0) is 9.53 Å². The molecule has 1 amide bonds. The van der Waals surface area contributed by atoms with Crippen molar-refractivity contribution < 1.29 is 14.3 Å². The fourth-order valence-corrected chi connectivity index (χ4v) is 5.53. The number of benzene rings is 1. The summed E-state index contributed by atoms with van der Waals surface area (Å²) < 4.78 is 7.15. The molecule has 0 bridgehead atoms. The van der Waals surface area contributed by atoms with Crippen LogP contribution in [0.25, 0.3) is 15.9 Å². The predicted octanol–water partition coefficient (Wildman–Crippen LogP) is 5.39. The van der Waals surface area contributed by atoms with E-state index in [0.29, 0.717) is 16.4 Å². The number of aryl methyl sites for hydroxylation is 1. The summed E-state index contributed by atoms with van der Waals surface area (Å²) in [5, 5.41) is 6.03. The van der Waals surface area contributed by atoms with Crippen LogP contribution >= 0.6 is 22.9 Å². The highest BCUT2D eigenvalue weighted by Crippen LogP contribution is 2.32. The van der Waals surface area contributed by atoms with Crippen molar-refractivity contribution in [2.75, 3.05) is 13.2 Å². The summed E-state index contributed by atoms with van der Waals surface area (Å²) in [6, 6.07) is 9.49. The summed E-state index contributed by atoms with van der Waals surface area (Å²) in [7, 11) is 0. The largest absolute Gasteiger partial charge is 0.451 e. The van der Waals surface area contributed by atoms with Gasteiger partial charge in [-0.25, -0.2) is 9.48 Å². The van der Waals surface area contributed by atoms with Gasteiger partial charge in [0, 0.05) is 18.0 Å². The molecule has 0 aliphatic heterocycles. The number of amides is 1. The third-order valence-corrected chi connectivity index (χ3v) is 7.24. The molecule has 1 saturated carbocycles. The number of hydrogen-bond donors (Lipinski definition) is 0. The minimum atomic E-state index is -0.487. The van der Waals surface area contributed by atoms with Crippen LogP contribution in [0.5, 0.6) is 0 Å². The third-order valence-electron chi connectivity index (χ3n) is 5.83. The van der Waals surface area contributed by atoms with E-state index in [4.69, 9.17) is 16.3 Å². The molecule has 0 saturated heterocycles. The number of hydrogen-bond acceptors (Lipinski definition) is 5. The third kappa shape index (κ3) is 4.48. The first-order chi connectivity index (χ1) is 15.0. The first kappa shape index (κ1) is 21.8. The zero-order valence-corrected chi connectivity index (χ0v) is 19.3. The van der Waals surface area contributed by atoms with E-state index in [1.165, 1.54) is 17.8 Å². The molecule has 2 aromatic heterocycles. The van der Waals surface area contributed by atoms with Crippen LogP contribution in [0.15, 0.2) is 30.3 Å². The summed E-state index contributed by atoms with van der Waals surface area (Å²) in [5.74, 6) is -0.610. The molecule has 6 nitrogen and oxygen atoms in total. The van der Waals surface area contributed by atoms with Crippen molar-refractivity contribution in [1.82, 2.24) is 14.7 Å². The van der Waals surface area contributed by atoms with E-state index in [2.05, 4.69) is 5.10 Å². The molecular weight excluding hydrogens is 434 g/mol. The molecule has 4 rings (SSSR count). The Kier molecular flexibility index (Phi) is 6.62. The zero-order chi connectivity index (χ0) is 22.0. The Morgan fingerprint density at radius 1 is 1.26 bits per heavy atom. The Hall–Kier alpha value is -2.38. The van der Waals surface area contributed by atoms with Gasteiger partial charge in [-0.2, -0.15) is 5.10 Å². The molecule has 164 valence electrons. The average Bonchev–Trinajstić information content (AvgIpc) is 3.34. The predicted molar refractivity (Wildman–Crippen MR) is 123 cm³/mol. The van der Waals surface area contributed by atoms with Crippen LogP contribution in [-0.4, -0.2) is 45.8 Å². The molecule has 0 spiro atoms. The fraction of sp³-hybridized carbons (Fsp3) is 0.435. The lowest BCUT2D eigenvalue weighted by molar-refractivity contribution is -0.137. The van der Waals surface area contributed by atoms with Gasteiger partial charge in [0.1, 0.15) is 9.71 Å². The number of fused-ring (bicyclic) bond motifs is 1. The quantitative estimate of drug-likeness (QED) is 0.464. The van der Waals surface area contributed by atoms with Gasteiger partial charge < -0.3 is 9.64 Å². The summed E-state index contributed by atoms with van der Waals surface area (Å²) >= 11 is 7.63. The van der Waals surface area contributed by atoms with Crippen molar-refractivity contribution in [1.29, 1.82) is 0 Å². The number of rotatable bonds is 6. The topological polar surface area (TPSA) is 64.4 Å². The number of halogens is 1. The highest BCUT2D eigenvalue weighted by molar-refractivity contribution is 7.20. The van der Waals surface area contributed by atoms with Crippen molar-refractivity contribution in [3.8, 4) is 5.69 Å². The zero-order valence-electron chi connectivity index (χ0n) is 17.8. The molecule has 3 aromatic rings. The number of para-hydroxylation sites is 1. The molecule has 1 aromatic carbocycles. The van der Waals surface area contributed by atoms with Gasteiger partial charge >= 0.3 is 5.97 Å². The Morgan fingerprint density at radius 2 is 2.00 bits per heavy atom. The number of aromatic nitrogens is 2. The van der Waals surface area contributed by atoms with Crippen molar-refractivity contribution in [3.63, 3.8) is 0 Å². The molecule has 0 radical (unpaired) electrons. The molecule has 2 heterocycles. The molecule has 1 fully saturated rings.